The summed E-state index contributed by atoms with van der Waals surface area (Å²) in [5, 5.41) is 3.07. The maximum Gasteiger partial charge on any atom is 0.0988 e. The first kappa shape index (κ1) is 14.4. The van der Waals surface area contributed by atoms with E-state index < -0.39 is 0 Å². The molecule has 106 valence electrons. The maximum absolute atomic E-state index is 4.62. The van der Waals surface area contributed by atoms with E-state index in [-0.39, 0.29) is 0 Å². The molecule has 1 aliphatic heterocycles. The Hall–Kier alpha value is -2.03. The highest BCUT2D eigenvalue weighted by Gasteiger charge is 2.13. The molecule has 1 N–H and O–H groups in total. The van der Waals surface area contributed by atoms with Crippen LogP contribution in [0.5, 0.6) is 0 Å². The predicted octanol–water partition coefficient (Wildman–Crippen LogP) is 3.58. The van der Waals surface area contributed by atoms with Crippen LogP contribution in [-0.2, 0) is 0 Å². The van der Waals surface area contributed by atoms with Crippen molar-refractivity contribution in [3.63, 3.8) is 0 Å². The third kappa shape index (κ3) is 3.50. The van der Waals surface area contributed by atoms with Crippen molar-refractivity contribution in [2.45, 2.75) is 19.8 Å². The van der Waals surface area contributed by atoms with E-state index in [0.717, 1.165) is 48.7 Å². The zero-order valence-corrected chi connectivity index (χ0v) is 12.4. The van der Waals surface area contributed by atoms with Gasteiger partial charge in [0.05, 0.1) is 11.5 Å². The monoisotopic (exact) mass is 269 g/mol. The average molecular weight is 269 g/mol. The van der Waals surface area contributed by atoms with Gasteiger partial charge in [0.1, 0.15) is 0 Å². The Kier molecular flexibility index (Phi) is 4.99. The van der Waals surface area contributed by atoms with Gasteiger partial charge in [-0.3, -0.25) is 0 Å². The molecular weight excluding hydrogens is 246 g/mol. The third-order valence-corrected chi connectivity index (χ3v) is 3.54. The van der Waals surface area contributed by atoms with E-state index in [0.29, 0.717) is 0 Å². The summed E-state index contributed by atoms with van der Waals surface area (Å²) in [6.45, 7) is 8.31. The van der Waals surface area contributed by atoms with Gasteiger partial charge in [-0.1, -0.05) is 36.9 Å². The van der Waals surface area contributed by atoms with E-state index in [9.17, 15) is 0 Å². The number of aliphatic imine (C=N–C) groups is 1. The van der Waals surface area contributed by atoms with Crippen LogP contribution in [0.25, 0.3) is 5.70 Å². The molecule has 2 rings (SSSR count). The smallest absolute Gasteiger partial charge is 0.0988 e. The molecule has 0 atom stereocenters. The number of nitrogens with one attached hydrogen (secondary N) is 1. The second-order valence-corrected chi connectivity index (χ2v) is 4.95. The lowest BCUT2D eigenvalue weighted by Crippen LogP contribution is -2.22. The predicted molar refractivity (Wildman–Crippen MR) is 87.3 cm³/mol. The van der Waals surface area contributed by atoms with Crippen molar-refractivity contribution < 1.29 is 0 Å². The zero-order chi connectivity index (χ0) is 14.4. The van der Waals surface area contributed by atoms with Crippen molar-refractivity contribution in [3.05, 3.63) is 48.6 Å². The lowest BCUT2D eigenvalue weighted by molar-refractivity contribution is 0.420. The fourth-order valence-corrected chi connectivity index (χ4v) is 2.30. The Morgan fingerprint density at radius 2 is 1.85 bits per heavy atom. The van der Waals surface area contributed by atoms with Gasteiger partial charge in [0, 0.05) is 31.4 Å². The number of hydrogen-bond acceptors (Lipinski definition) is 2. The Morgan fingerprint density at radius 3 is 2.50 bits per heavy atom. The maximum atomic E-state index is 4.62. The van der Waals surface area contributed by atoms with Gasteiger partial charge in [-0.25, -0.2) is 4.99 Å². The number of nitrogens with zero attached hydrogens (tertiary/aromatic N) is 2. The highest BCUT2D eigenvalue weighted by molar-refractivity contribution is 5.84. The van der Waals surface area contributed by atoms with Crippen LogP contribution in [0.4, 0.5) is 5.69 Å². The van der Waals surface area contributed by atoms with Crippen LogP contribution in [0.1, 0.15) is 25.3 Å². The fraction of sp³-hybridized carbons (Fsp3) is 0.353. The SMILES string of the molecule is C=C(c1ccccc1/N=C(\C)NC)N1CCC=CCC1. The molecule has 0 unspecified atom stereocenters. The minimum atomic E-state index is 0.905. The van der Waals surface area contributed by atoms with Gasteiger partial charge < -0.3 is 10.2 Å². The number of benzene rings is 1. The van der Waals surface area contributed by atoms with Crippen LogP contribution in [0.2, 0.25) is 0 Å². The van der Waals surface area contributed by atoms with Gasteiger partial charge in [0.15, 0.2) is 0 Å². The first-order valence-electron chi connectivity index (χ1n) is 7.13. The highest BCUT2D eigenvalue weighted by Crippen LogP contribution is 2.28. The molecule has 1 aromatic rings. The lowest BCUT2D eigenvalue weighted by atomic mass is 10.1. The van der Waals surface area contributed by atoms with Gasteiger partial charge in [-0.15, -0.1) is 0 Å². The largest absolute Gasteiger partial charge is 0.377 e. The molecule has 1 aliphatic rings. The van der Waals surface area contributed by atoms with Crippen molar-refractivity contribution in [2.24, 2.45) is 4.99 Å². The molecular formula is C17H23N3. The van der Waals surface area contributed by atoms with Crippen molar-refractivity contribution in [1.29, 1.82) is 0 Å². The molecule has 3 heteroatoms. The van der Waals surface area contributed by atoms with Gasteiger partial charge in [0.2, 0.25) is 0 Å². The summed E-state index contributed by atoms with van der Waals surface area (Å²) in [6, 6.07) is 8.20. The van der Waals surface area contributed by atoms with Crippen LogP contribution in [0, 0.1) is 0 Å². The molecule has 20 heavy (non-hydrogen) atoms. The summed E-state index contributed by atoms with van der Waals surface area (Å²) in [4.78, 5) is 6.97. The van der Waals surface area contributed by atoms with E-state index in [1.54, 1.807) is 0 Å². The summed E-state index contributed by atoms with van der Waals surface area (Å²) in [5.41, 5.74) is 3.16. The van der Waals surface area contributed by atoms with Crippen molar-refractivity contribution in [3.8, 4) is 0 Å². The molecule has 0 fully saturated rings. The summed E-state index contributed by atoms with van der Waals surface area (Å²) in [6.07, 6.45) is 6.67. The van der Waals surface area contributed by atoms with Crippen LogP contribution < -0.4 is 5.32 Å². The highest BCUT2D eigenvalue weighted by atomic mass is 15.1. The van der Waals surface area contributed by atoms with Crippen molar-refractivity contribution >= 4 is 17.2 Å². The molecule has 0 saturated carbocycles. The summed E-state index contributed by atoms with van der Waals surface area (Å²) >= 11 is 0. The average Bonchev–Trinajstić information content (AvgIpc) is 2.76. The second kappa shape index (κ2) is 6.94. The van der Waals surface area contributed by atoms with E-state index in [1.807, 2.05) is 32.2 Å². The van der Waals surface area contributed by atoms with E-state index in [4.69, 9.17) is 0 Å². The normalized spacial score (nSPS) is 15.9. The Labute approximate surface area is 121 Å². The van der Waals surface area contributed by atoms with Crippen LogP contribution >= 0.6 is 0 Å². The lowest BCUT2D eigenvalue weighted by Gasteiger charge is -2.26. The molecule has 1 heterocycles. The quantitative estimate of drug-likeness (QED) is 0.516. The van der Waals surface area contributed by atoms with Crippen LogP contribution in [-0.4, -0.2) is 30.9 Å². The molecule has 0 bridgehead atoms. The minimum absolute atomic E-state index is 0.905. The second-order valence-electron chi connectivity index (χ2n) is 4.95. The topological polar surface area (TPSA) is 27.6 Å². The molecule has 0 radical (unpaired) electrons. The summed E-state index contributed by atoms with van der Waals surface area (Å²) in [5.74, 6) is 0.905. The zero-order valence-electron chi connectivity index (χ0n) is 12.4. The Morgan fingerprint density at radius 1 is 1.20 bits per heavy atom. The van der Waals surface area contributed by atoms with Crippen LogP contribution in [0.15, 0.2) is 48.0 Å². The number of amidine groups is 1. The standard InChI is InChI=1S/C17H23N3/c1-14(20-12-8-4-5-9-13-20)16-10-6-7-11-17(16)19-15(2)18-3/h4-7,10-11H,1,8-9,12-13H2,2-3H3,(H,18,19). The molecule has 3 nitrogen and oxygen atoms in total. The summed E-state index contributed by atoms with van der Waals surface area (Å²) in [7, 11) is 1.89. The summed E-state index contributed by atoms with van der Waals surface area (Å²) < 4.78 is 0. The van der Waals surface area contributed by atoms with Crippen molar-refractivity contribution in [1.82, 2.24) is 10.2 Å². The van der Waals surface area contributed by atoms with Crippen molar-refractivity contribution in [2.75, 3.05) is 20.1 Å². The number of hydrogen-bond donors (Lipinski definition) is 1. The first-order chi connectivity index (χ1) is 9.72. The Bertz CT molecular complexity index is 519. The van der Waals surface area contributed by atoms with E-state index in [1.165, 1.54) is 0 Å². The molecule has 0 aliphatic carbocycles. The molecule has 0 saturated heterocycles. The molecule has 0 spiro atoms. The first-order valence-corrected chi connectivity index (χ1v) is 7.13. The molecule has 1 aromatic carbocycles. The van der Waals surface area contributed by atoms with Gasteiger partial charge >= 0.3 is 0 Å². The fourth-order valence-electron chi connectivity index (χ4n) is 2.30. The minimum Gasteiger partial charge on any atom is -0.377 e. The van der Waals surface area contributed by atoms with Gasteiger partial charge in [-0.05, 0) is 25.8 Å². The molecule has 0 amide bonds. The third-order valence-electron chi connectivity index (χ3n) is 3.54. The van der Waals surface area contributed by atoms with Gasteiger partial charge in [0.25, 0.3) is 0 Å². The Balaban J connectivity index is 2.25. The number of rotatable bonds is 3. The van der Waals surface area contributed by atoms with Crippen LogP contribution in [0.3, 0.4) is 0 Å². The molecule has 0 aromatic heterocycles. The number of para-hydroxylation sites is 1. The van der Waals surface area contributed by atoms with E-state index in [2.05, 4.69) is 40.0 Å². The van der Waals surface area contributed by atoms with Gasteiger partial charge in [-0.2, -0.15) is 0 Å². The van der Waals surface area contributed by atoms with E-state index >= 15 is 0 Å².